The summed E-state index contributed by atoms with van der Waals surface area (Å²) in [6.45, 7) is -0.219. The third-order valence-corrected chi connectivity index (χ3v) is 13.6. The molecule has 4 N–H and O–H groups in total. The first-order chi connectivity index (χ1) is 20.6. The normalized spacial score (nSPS) is 11.1. The van der Waals surface area contributed by atoms with Gasteiger partial charge in [-0.1, -0.05) is 0 Å². The summed E-state index contributed by atoms with van der Waals surface area (Å²) in [6, 6.07) is 15.4. The van der Waals surface area contributed by atoms with Gasteiger partial charge in [-0.05, 0) is 0 Å². The van der Waals surface area contributed by atoms with Crippen molar-refractivity contribution in [3.05, 3.63) is 115 Å². The maximum absolute atomic E-state index is 13.4. The average molecular weight is 726 g/mol. The van der Waals surface area contributed by atoms with Crippen molar-refractivity contribution in [1.82, 2.24) is 19.1 Å². The molecule has 0 atom stereocenters. The van der Waals surface area contributed by atoms with Gasteiger partial charge in [-0.3, -0.25) is 0 Å². The number of carbonyl (C=O) groups is 2. The zero-order valence-electron chi connectivity index (χ0n) is 23.6. The number of nitrogens with zero attached hydrogens (tertiary/aromatic N) is 2. The molecule has 2 aromatic heterocycles. The van der Waals surface area contributed by atoms with Gasteiger partial charge in [-0.25, -0.2) is 0 Å². The molecule has 0 bridgehead atoms. The SMILES string of the molecule is COc1ccc([Te](OC(=O)CCn2ccc(=O)[nH]c2=O)(OC(=O)CCn2ccc(=O)[nH]c2=O)c2ccc(OC)cc2)cc1.O. The van der Waals surface area contributed by atoms with Crippen LogP contribution in [-0.4, -0.2) is 69.7 Å². The summed E-state index contributed by atoms with van der Waals surface area (Å²) < 4.78 is 26.0. The van der Waals surface area contributed by atoms with E-state index in [2.05, 4.69) is 9.97 Å². The molecule has 16 heteroatoms. The molecular weight excluding hydrogens is 696 g/mol. The largest absolute Gasteiger partial charge is 0.412 e. The predicted molar refractivity (Wildman–Crippen MR) is 159 cm³/mol. The van der Waals surface area contributed by atoms with E-state index in [1.54, 1.807) is 48.5 Å². The Morgan fingerprint density at radius 2 is 1.00 bits per heavy atom. The minimum atomic E-state index is -4.92. The maximum atomic E-state index is 13.4. The molecule has 0 fully saturated rings. The number of carbonyl (C=O) groups excluding carboxylic acids is 2. The number of methoxy groups -OCH3 is 2. The number of aromatic amines is 2. The van der Waals surface area contributed by atoms with Gasteiger partial charge in [-0.2, -0.15) is 0 Å². The van der Waals surface area contributed by atoms with Gasteiger partial charge in [0.25, 0.3) is 0 Å². The Morgan fingerprint density at radius 3 is 1.32 bits per heavy atom. The van der Waals surface area contributed by atoms with Crippen LogP contribution in [0.5, 0.6) is 11.5 Å². The van der Waals surface area contributed by atoms with Crippen molar-refractivity contribution < 1.29 is 30.7 Å². The van der Waals surface area contributed by atoms with Crippen LogP contribution in [0.2, 0.25) is 0 Å². The van der Waals surface area contributed by atoms with Crippen LogP contribution in [0.4, 0.5) is 0 Å². The molecule has 2 aromatic carbocycles. The van der Waals surface area contributed by atoms with Crippen LogP contribution in [0.3, 0.4) is 0 Å². The number of hydrogen-bond donors (Lipinski definition) is 2. The second kappa shape index (κ2) is 15.0. The van der Waals surface area contributed by atoms with Crippen molar-refractivity contribution in [2.24, 2.45) is 0 Å². The molecule has 0 saturated heterocycles. The summed E-state index contributed by atoms with van der Waals surface area (Å²) in [5.41, 5.74) is -2.54. The molecule has 4 rings (SSSR count). The topological polar surface area (TPSA) is 212 Å². The Balaban J connectivity index is 0.00000529. The van der Waals surface area contributed by atoms with E-state index in [-0.39, 0.29) is 31.4 Å². The van der Waals surface area contributed by atoms with E-state index in [0.717, 1.165) is 21.3 Å². The van der Waals surface area contributed by atoms with E-state index < -0.39 is 53.4 Å². The van der Waals surface area contributed by atoms with Crippen molar-refractivity contribution >= 4 is 38.2 Å². The fraction of sp³-hybridized carbons (Fsp3) is 0.214. The molecule has 0 aliphatic heterocycles. The standard InChI is InChI=1S/C28H28N4O10Te.H2O/c1-39-19-3-7-21(8-4-19)43(22-9-5-20(40-2)6-10-22,41-25(35)13-17-31-15-11-23(33)29-27(31)37)42-26(36)14-18-32-16-12-24(34)30-28(32)38;/h3-12,15-16H,13-14,17-18H2,1-2H3,(H,29,33,37)(H,30,34,38);1H2. The van der Waals surface area contributed by atoms with Crippen molar-refractivity contribution in [2.45, 2.75) is 25.9 Å². The van der Waals surface area contributed by atoms with Gasteiger partial charge in [0.15, 0.2) is 0 Å². The number of H-pyrrole nitrogens is 2. The summed E-state index contributed by atoms with van der Waals surface area (Å²) in [4.78, 5) is 78.0. The molecule has 15 nitrogen and oxygen atoms in total. The van der Waals surface area contributed by atoms with Crippen molar-refractivity contribution in [2.75, 3.05) is 14.2 Å². The van der Waals surface area contributed by atoms with Crippen molar-refractivity contribution in [3.8, 4) is 11.5 Å². The maximum Gasteiger partial charge on any atom is -0.412 e. The number of rotatable bonds is 12. The van der Waals surface area contributed by atoms with Crippen LogP contribution in [0.25, 0.3) is 0 Å². The van der Waals surface area contributed by atoms with Crippen LogP contribution >= 0.6 is 0 Å². The van der Waals surface area contributed by atoms with Crippen LogP contribution in [0, 0.1) is 0 Å². The van der Waals surface area contributed by atoms with Gasteiger partial charge in [0.1, 0.15) is 0 Å². The summed E-state index contributed by atoms with van der Waals surface area (Å²) >= 11 is -4.92. The fourth-order valence-electron chi connectivity index (χ4n) is 3.86. The van der Waals surface area contributed by atoms with Crippen molar-refractivity contribution in [1.29, 1.82) is 0 Å². The number of aromatic nitrogens is 4. The van der Waals surface area contributed by atoms with E-state index >= 15 is 0 Å². The van der Waals surface area contributed by atoms with Gasteiger partial charge in [0.2, 0.25) is 0 Å². The molecule has 0 spiro atoms. The summed E-state index contributed by atoms with van der Waals surface area (Å²) in [5.74, 6) is -0.475. The molecule has 0 unspecified atom stereocenters. The Kier molecular flexibility index (Phi) is 11.5. The molecule has 0 aliphatic carbocycles. The first-order valence-electron chi connectivity index (χ1n) is 12.8. The Labute approximate surface area is 253 Å². The monoisotopic (exact) mass is 728 g/mol. The number of benzene rings is 2. The van der Waals surface area contributed by atoms with E-state index in [9.17, 15) is 28.8 Å². The van der Waals surface area contributed by atoms with Gasteiger partial charge in [0, 0.05) is 0 Å². The van der Waals surface area contributed by atoms with Crippen LogP contribution in [0.15, 0.2) is 92.2 Å². The van der Waals surface area contributed by atoms with Gasteiger partial charge >= 0.3 is 249 Å². The van der Waals surface area contributed by atoms with E-state index in [4.69, 9.17) is 15.7 Å². The van der Waals surface area contributed by atoms with E-state index in [0.29, 0.717) is 18.7 Å². The zero-order valence-corrected chi connectivity index (χ0v) is 26.0. The molecule has 0 amide bonds. The third kappa shape index (κ3) is 8.13. The third-order valence-electron chi connectivity index (χ3n) is 6.07. The molecular formula is C28H30N4O11Te. The Hall–Kier alpha value is -4.91. The number of nitrogens with one attached hydrogen (secondary N) is 2. The molecule has 44 heavy (non-hydrogen) atoms. The number of ether oxygens (including phenoxy) is 2. The predicted octanol–water partition coefficient (Wildman–Crippen LogP) is -1.60. The Bertz CT molecular complexity index is 1690. The molecule has 2 heterocycles. The molecule has 4 aromatic rings. The molecule has 0 saturated carbocycles. The van der Waals surface area contributed by atoms with Crippen molar-refractivity contribution in [3.63, 3.8) is 0 Å². The minimum Gasteiger partial charge on any atom is -0.412 e. The zero-order chi connectivity index (χ0) is 31.0. The minimum absolute atomic E-state index is 0. The Morgan fingerprint density at radius 1 is 0.636 bits per heavy atom. The molecule has 0 radical (unpaired) electrons. The first-order valence-corrected chi connectivity index (χ1v) is 17.0. The van der Waals surface area contributed by atoms with Gasteiger partial charge in [0.05, 0.1) is 0 Å². The fourth-order valence-corrected chi connectivity index (χ4v) is 10.6. The van der Waals surface area contributed by atoms with E-state index in [1.807, 2.05) is 0 Å². The number of aryl methyl sites for hydroxylation is 2. The average Bonchev–Trinajstić information content (AvgIpc) is 3.00. The van der Waals surface area contributed by atoms with Crippen LogP contribution in [0.1, 0.15) is 12.8 Å². The summed E-state index contributed by atoms with van der Waals surface area (Å²) in [6.07, 6.45) is 1.95. The summed E-state index contributed by atoms with van der Waals surface area (Å²) in [7, 11) is 2.98. The molecule has 0 aliphatic rings. The smallest absolute Gasteiger partial charge is 0.412 e. The van der Waals surface area contributed by atoms with Crippen LogP contribution in [-0.2, 0) is 28.9 Å². The van der Waals surface area contributed by atoms with Crippen LogP contribution < -0.4 is 39.2 Å². The first kappa shape index (κ1) is 33.6. The second-order valence-electron chi connectivity index (χ2n) is 8.87. The molecule has 234 valence electrons. The van der Waals surface area contributed by atoms with Gasteiger partial charge < -0.3 is 5.48 Å². The van der Waals surface area contributed by atoms with E-state index in [1.165, 1.54) is 26.6 Å². The second-order valence-corrected chi connectivity index (χ2v) is 15.4. The van der Waals surface area contributed by atoms with Gasteiger partial charge in [-0.15, -0.1) is 0 Å². The summed E-state index contributed by atoms with van der Waals surface area (Å²) in [5, 5.41) is 0. The quantitative estimate of drug-likeness (QED) is 0.160. The number of hydrogen-bond acceptors (Lipinski definition) is 10.